The zero-order chi connectivity index (χ0) is 16.3. The molecule has 0 bridgehead atoms. The molecule has 3 rings (SSSR count). The van der Waals surface area contributed by atoms with E-state index in [1.807, 2.05) is 30.3 Å². The third kappa shape index (κ3) is 4.47. The van der Waals surface area contributed by atoms with Crippen LogP contribution in [0.4, 0.5) is 5.69 Å². The first-order valence-electron chi connectivity index (χ1n) is 7.62. The van der Waals surface area contributed by atoms with Crippen LogP contribution in [0.5, 0.6) is 0 Å². The van der Waals surface area contributed by atoms with Gasteiger partial charge in [-0.2, -0.15) is 0 Å². The van der Waals surface area contributed by atoms with Crippen LogP contribution in [-0.4, -0.2) is 32.0 Å². The highest BCUT2D eigenvalue weighted by Gasteiger charge is 2.40. The normalized spacial score (nSPS) is 22.8. The topological polar surface area (TPSA) is 62.8 Å². The Hall–Kier alpha value is -1.56. The molecule has 6 heteroatoms. The molecule has 2 aromatic carbocycles. The van der Waals surface area contributed by atoms with Gasteiger partial charge in [0.25, 0.3) is 0 Å². The van der Waals surface area contributed by atoms with Gasteiger partial charge in [0.2, 0.25) is 0 Å². The lowest BCUT2D eigenvalue weighted by Crippen LogP contribution is -2.91. The van der Waals surface area contributed by atoms with Crippen LogP contribution in [0.1, 0.15) is 5.56 Å². The van der Waals surface area contributed by atoms with Crippen molar-refractivity contribution < 1.29 is 13.7 Å². The second kappa shape index (κ2) is 6.91. The molecule has 1 saturated heterocycles. The molecule has 2 atom stereocenters. The predicted molar refractivity (Wildman–Crippen MR) is 93.4 cm³/mol. The summed E-state index contributed by atoms with van der Waals surface area (Å²) >= 11 is 5.89. The summed E-state index contributed by atoms with van der Waals surface area (Å²) in [5, 5.41) is 6.13. The Labute approximate surface area is 141 Å². The van der Waals surface area contributed by atoms with Gasteiger partial charge >= 0.3 is 0 Å². The molecule has 122 valence electrons. The van der Waals surface area contributed by atoms with Crippen molar-refractivity contribution >= 4 is 27.1 Å². The molecular weight excluding hydrogens is 332 g/mol. The highest BCUT2D eigenvalue weighted by atomic mass is 35.5. The molecule has 0 amide bonds. The summed E-state index contributed by atoms with van der Waals surface area (Å²) in [6, 6.07) is 17.4. The summed E-state index contributed by atoms with van der Waals surface area (Å²) in [7, 11) is -3.00. The summed E-state index contributed by atoms with van der Waals surface area (Å²) < 4.78 is 24.1. The number of quaternary nitrogens is 1. The van der Waals surface area contributed by atoms with E-state index in [0.717, 1.165) is 12.2 Å². The van der Waals surface area contributed by atoms with Crippen LogP contribution >= 0.6 is 11.6 Å². The molecule has 0 aromatic heterocycles. The van der Waals surface area contributed by atoms with E-state index < -0.39 is 9.84 Å². The van der Waals surface area contributed by atoms with E-state index in [1.165, 1.54) is 5.56 Å². The van der Waals surface area contributed by atoms with E-state index in [9.17, 15) is 8.42 Å². The smallest absolute Gasteiger partial charge is 0.158 e. The number of hydrogen-bond acceptors (Lipinski definition) is 3. The van der Waals surface area contributed by atoms with Gasteiger partial charge in [0, 0.05) is 16.3 Å². The molecule has 4 nitrogen and oxygen atoms in total. The van der Waals surface area contributed by atoms with Crippen molar-refractivity contribution in [1.29, 1.82) is 0 Å². The number of nitrogens with two attached hydrogens (primary N) is 1. The molecule has 2 unspecified atom stereocenters. The molecule has 0 spiro atoms. The average molecular weight is 352 g/mol. The molecule has 23 heavy (non-hydrogen) atoms. The van der Waals surface area contributed by atoms with Crippen molar-refractivity contribution in [1.82, 2.24) is 0 Å². The van der Waals surface area contributed by atoms with E-state index in [1.54, 1.807) is 12.1 Å². The average Bonchev–Trinajstić information content (AvgIpc) is 2.82. The number of sulfone groups is 1. The van der Waals surface area contributed by atoms with E-state index in [2.05, 4.69) is 22.8 Å². The Balaban J connectivity index is 1.68. The first-order chi connectivity index (χ1) is 11.0. The summed E-state index contributed by atoms with van der Waals surface area (Å²) in [4.78, 5) is 0. The van der Waals surface area contributed by atoms with Crippen LogP contribution in [0.2, 0.25) is 5.02 Å². The van der Waals surface area contributed by atoms with Crippen molar-refractivity contribution in [2.24, 2.45) is 0 Å². The number of benzene rings is 2. The number of nitrogens with one attached hydrogen (secondary N) is 1. The standard InChI is InChI=1S/C17H19ClN2O2S/c18-14-6-8-15(9-7-14)20-17-12-23(21,22)11-16(17)19-10-13-4-2-1-3-5-13/h1-9,16-17,19-20H,10-12H2/p+1. The van der Waals surface area contributed by atoms with Gasteiger partial charge in [0.1, 0.15) is 18.3 Å². The molecule has 0 saturated carbocycles. The first kappa shape index (κ1) is 16.3. The molecule has 1 aliphatic heterocycles. The van der Waals surface area contributed by atoms with Crippen molar-refractivity contribution in [3.8, 4) is 0 Å². The van der Waals surface area contributed by atoms with Crippen LogP contribution in [0.3, 0.4) is 0 Å². The van der Waals surface area contributed by atoms with Crippen LogP contribution in [0, 0.1) is 0 Å². The van der Waals surface area contributed by atoms with Gasteiger partial charge in [0.15, 0.2) is 9.84 Å². The number of anilines is 1. The van der Waals surface area contributed by atoms with Crippen molar-refractivity contribution in [2.45, 2.75) is 18.6 Å². The van der Waals surface area contributed by atoms with Gasteiger partial charge in [-0.25, -0.2) is 8.42 Å². The number of halogens is 1. The summed E-state index contributed by atoms with van der Waals surface area (Å²) in [6.07, 6.45) is 0. The van der Waals surface area contributed by atoms with E-state index in [-0.39, 0.29) is 23.6 Å². The maximum Gasteiger partial charge on any atom is 0.158 e. The second-order valence-corrected chi connectivity index (χ2v) is 8.51. The second-order valence-electron chi connectivity index (χ2n) is 5.92. The molecule has 1 aliphatic rings. The molecule has 1 heterocycles. The monoisotopic (exact) mass is 351 g/mol. The van der Waals surface area contributed by atoms with Gasteiger partial charge in [0.05, 0.1) is 11.8 Å². The van der Waals surface area contributed by atoms with Crippen LogP contribution in [-0.2, 0) is 16.4 Å². The Morgan fingerprint density at radius 1 is 1.04 bits per heavy atom. The van der Waals surface area contributed by atoms with Gasteiger partial charge in [-0.3, -0.25) is 0 Å². The third-order valence-corrected chi connectivity index (χ3v) is 6.10. The lowest BCUT2D eigenvalue weighted by atomic mass is 10.1. The van der Waals surface area contributed by atoms with Gasteiger partial charge in [-0.15, -0.1) is 0 Å². The van der Waals surface area contributed by atoms with Crippen LogP contribution in [0.25, 0.3) is 0 Å². The Kier molecular flexibility index (Phi) is 4.90. The fourth-order valence-electron chi connectivity index (χ4n) is 2.92. The fraction of sp³-hybridized carbons (Fsp3) is 0.294. The fourth-order valence-corrected chi connectivity index (χ4v) is 5.01. The zero-order valence-corrected chi connectivity index (χ0v) is 14.2. The molecule has 0 aliphatic carbocycles. The molecule has 0 radical (unpaired) electrons. The highest BCUT2D eigenvalue weighted by molar-refractivity contribution is 7.91. The first-order valence-corrected chi connectivity index (χ1v) is 9.81. The Morgan fingerprint density at radius 3 is 2.43 bits per heavy atom. The SMILES string of the molecule is O=S1(=O)CC(Nc2ccc(Cl)cc2)C([NH2+]Cc2ccccc2)C1. The predicted octanol–water partition coefficient (Wildman–Crippen LogP) is 1.68. The van der Waals surface area contributed by atoms with Gasteiger partial charge < -0.3 is 10.6 Å². The van der Waals surface area contributed by atoms with E-state index >= 15 is 0 Å². The maximum atomic E-state index is 12.0. The lowest BCUT2D eigenvalue weighted by Gasteiger charge is -2.19. The number of rotatable bonds is 5. The highest BCUT2D eigenvalue weighted by Crippen LogP contribution is 2.18. The Morgan fingerprint density at radius 2 is 1.74 bits per heavy atom. The summed E-state index contributed by atoms with van der Waals surface area (Å²) in [5.74, 6) is 0.386. The maximum absolute atomic E-state index is 12.0. The minimum absolute atomic E-state index is 0.0101. The zero-order valence-electron chi connectivity index (χ0n) is 12.7. The third-order valence-electron chi connectivity index (χ3n) is 4.09. The summed E-state index contributed by atoms with van der Waals surface area (Å²) in [6.45, 7) is 0.778. The lowest BCUT2D eigenvalue weighted by molar-refractivity contribution is -0.700. The minimum atomic E-state index is -3.00. The quantitative estimate of drug-likeness (QED) is 0.861. The van der Waals surface area contributed by atoms with E-state index in [0.29, 0.717) is 5.02 Å². The molecular formula is C17H20ClN2O2S+. The summed E-state index contributed by atoms with van der Waals surface area (Å²) in [5.41, 5.74) is 2.09. The number of hydrogen-bond donors (Lipinski definition) is 2. The molecule has 2 aromatic rings. The molecule has 3 N–H and O–H groups in total. The van der Waals surface area contributed by atoms with Crippen LogP contribution < -0.4 is 10.6 Å². The Bertz CT molecular complexity index is 748. The van der Waals surface area contributed by atoms with E-state index in [4.69, 9.17) is 11.6 Å². The molecule has 1 fully saturated rings. The minimum Gasteiger partial charge on any atom is -0.376 e. The van der Waals surface area contributed by atoms with Crippen LogP contribution in [0.15, 0.2) is 54.6 Å². The van der Waals surface area contributed by atoms with Crippen molar-refractivity contribution in [2.75, 3.05) is 16.8 Å². The van der Waals surface area contributed by atoms with Crippen molar-refractivity contribution in [3.63, 3.8) is 0 Å². The van der Waals surface area contributed by atoms with Crippen molar-refractivity contribution in [3.05, 3.63) is 65.2 Å². The van der Waals surface area contributed by atoms with Gasteiger partial charge in [-0.1, -0.05) is 41.9 Å². The van der Waals surface area contributed by atoms with Gasteiger partial charge in [-0.05, 0) is 24.3 Å². The largest absolute Gasteiger partial charge is 0.376 e.